The Hall–Kier alpha value is -2.52. The van der Waals surface area contributed by atoms with Crippen LogP contribution in [0, 0.1) is 6.92 Å². The van der Waals surface area contributed by atoms with E-state index in [1.165, 1.54) is 11.2 Å². The third kappa shape index (κ3) is 4.85. The van der Waals surface area contributed by atoms with Crippen LogP contribution in [0.3, 0.4) is 0 Å². The SMILES string of the molecule is CC(=O)Nc1nc(C)c(NS(=O)(=O)N2CCCCCC2)cc1-c1ccncc1. The summed E-state index contributed by atoms with van der Waals surface area (Å²) in [6.45, 7) is 4.15. The van der Waals surface area contributed by atoms with E-state index in [4.69, 9.17) is 0 Å². The first-order valence-corrected chi connectivity index (χ1v) is 10.8. The van der Waals surface area contributed by atoms with Crippen molar-refractivity contribution in [1.82, 2.24) is 14.3 Å². The molecule has 0 atom stereocenters. The lowest BCUT2D eigenvalue weighted by atomic mass is 10.1. The van der Waals surface area contributed by atoms with Crippen molar-refractivity contribution in [3.05, 3.63) is 36.3 Å². The Labute approximate surface area is 165 Å². The van der Waals surface area contributed by atoms with E-state index in [9.17, 15) is 13.2 Å². The van der Waals surface area contributed by atoms with Gasteiger partial charge in [0.2, 0.25) is 5.91 Å². The lowest BCUT2D eigenvalue weighted by Gasteiger charge is -2.22. The normalized spacial score (nSPS) is 15.6. The number of amides is 1. The molecule has 150 valence electrons. The number of rotatable bonds is 5. The third-order valence-electron chi connectivity index (χ3n) is 4.64. The first-order valence-electron chi connectivity index (χ1n) is 9.34. The van der Waals surface area contributed by atoms with Gasteiger partial charge in [0.15, 0.2) is 0 Å². The van der Waals surface area contributed by atoms with Crippen molar-refractivity contribution in [2.24, 2.45) is 0 Å². The maximum absolute atomic E-state index is 12.9. The van der Waals surface area contributed by atoms with Crippen molar-refractivity contribution in [3.63, 3.8) is 0 Å². The van der Waals surface area contributed by atoms with Gasteiger partial charge in [0.25, 0.3) is 0 Å². The van der Waals surface area contributed by atoms with Crippen molar-refractivity contribution in [1.29, 1.82) is 0 Å². The molecule has 0 unspecified atom stereocenters. The molecule has 0 bridgehead atoms. The minimum absolute atomic E-state index is 0.250. The molecule has 2 aromatic heterocycles. The van der Waals surface area contributed by atoms with Crippen molar-refractivity contribution >= 4 is 27.6 Å². The molecule has 28 heavy (non-hydrogen) atoms. The molecule has 0 aliphatic carbocycles. The van der Waals surface area contributed by atoms with Crippen LogP contribution in [0.25, 0.3) is 11.1 Å². The van der Waals surface area contributed by atoms with Crippen LogP contribution in [-0.4, -0.2) is 41.7 Å². The van der Waals surface area contributed by atoms with Gasteiger partial charge in [-0.15, -0.1) is 0 Å². The molecule has 1 fully saturated rings. The second kappa shape index (κ2) is 8.66. The topological polar surface area (TPSA) is 104 Å². The highest BCUT2D eigenvalue weighted by atomic mass is 32.2. The van der Waals surface area contributed by atoms with Crippen LogP contribution in [0.5, 0.6) is 0 Å². The Morgan fingerprint density at radius 1 is 1.11 bits per heavy atom. The van der Waals surface area contributed by atoms with E-state index in [1.807, 2.05) is 0 Å². The smallest absolute Gasteiger partial charge is 0.301 e. The van der Waals surface area contributed by atoms with Gasteiger partial charge >= 0.3 is 10.2 Å². The third-order valence-corrected chi connectivity index (χ3v) is 6.17. The molecule has 2 aromatic rings. The molecule has 3 heterocycles. The zero-order valence-electron chi connectivity index (χ0n) is 16.1. The predicted octanol–water partition coefficient (Wildman–Crippen LogP) is 2.94. The van der Waals surface area contributed by atoms with E-state index >= 15 is 0 Å². The lowest BCUT2D eigenvalue weighted by molar-refractivity contribution is -0.114. The quantitative estimate of drug-likeness (QED) is 0.799. The predicted molar refractivity (Wildman–Crippen MR) is 109 cm³/mol. The first kappa shape index (κ1) is 20.2. The van der Waals surface area contributed by atoms with Gasteiger partial charge in [-0.1, -0.05) is 12.8 Å². The Morgan fingerprint density at radius 2 is 1.75 bits per heavy atom. The van der Waals surface area contributed by atoms with Crippen molar-refractivity contribution < 1.29 is 13.2 Å². The number of aromatic nitrogens is 2. The van der Waals surface area contributed by atoms with E-state index in [0.29, 0.717) is 35.9 Å². The van der Waals surface area contributed by atoms with Crippen LogP contribution in [-0.2, 0) is 15.0 Å². The fraction of sp³-hybridized carbons (Fsp3) is 0.421. The van der Waals surface area contributed by atoms with Gasteiger partial charge in [0.1, 0.15) is 5.82 Å². The Bertz CT molecular complexity index is 940. The number of anilines is 2. The number of carbonyl (C=O) groups excluding carboxylic acids is 1. The summed E-state index contributed by atoms with van der Waals surface area (Å²) in [5.41, 5.74) is 2.28. The van der Waals surface area contributed by atoms with Gasteiger partial charge in [-0.25, -0.2) is 4.98 Å². The molecule has 1 saturated heterocycles. The van der Waals surface area contributed by atoms with Crippen LogP contribution in [0.1, 0.15) is 38.3 Å². The van der Waals surface area contributed by atoms with Crippen molar-refractivity contribution in [3.8, 4) is 11.1 Å². The van der Waals surface area contributed by atoms with Crippen LogP contribution in [0.15, 0.2) is 30.6 Å². The van der Waals surface area contributed by atoms with Gasteiger partial charge in [0.05, 0.1) is 11.4 Å². The molecule has 3 rings (SSSR count). The molecule has 2 N–H and O–H groups in total. The summed E-state index contributed by atoms with van der Waals surface area (Å²) in [6, 6.07) is 5.27. The summed E-state index contributed by atoms with van der Waals surface area (Å²) >= 11 is 0. The number of carbonyl (C=O) groups is 1. The number of nitrogens with one attached hydrogen (secondary N) is 2. The first-order chi connectivity index (χ1) is 13.4. The number of hydrogen-bond donors (Lipinski definition) is 2. The van der Waals surface area contributed by atoms with Crippen LogP contribution >= 0.6 is 0 Å². The van der Waals surface area contributed by atoms with Gasteiger partial charge < -0.3 is 5.32 Å². The molecule has 1 aliphatic rings. The maximum atomic E-state index is 12.9. The van der Waals surface area contributed by atoms with Crippen LogP contribution < -0.4 is 10.0 Å². The van der Waals surface area contributed by atoms with E-state index < -0.39 is 10.2 Å². The van der Waals surface area contributed by atoms with Gasteiger partial charge in [-0.2, -0.15) is 12.7 Å². The standard InChI is InChI=1S/C19H25N5O3S/c1-14-18(23-28(26,27)24-11-5-3-4-6-12-24)13-17(16-7-9-20-10-8-16)19(21-14)22-15(2)25/h7-10,13,23H,3-6,11-12H2,1-2H3,(H,21,22,25). The number of pyridine rings is 2. The molecule has 0 radical (unpaired) electrons. The molecular weight excluding hydrogens is 378 g/mol. The molecule has 1 aliphatic heterocycles. The number of aryl methyl sites for hydroxylation is 1. The number of nitrogens with zero attached hydrogens (tertiary/aromatic N) is 3. The zero-order chi connectivity index (χ0) is 20.1. The van der Waals surface area contributed by atoms with E-state index in [2.05, 4.69) is 20.0 Å². The summed E-state index contributed by atoms with van der Waals surface area (Å²) in [4.78, 5) is 20.0. The van der Waals surface area contributed by atoms with Gasteiger partial charge in [-0.3, -0.25) is 14.5 Å². The Morgan fingerprint density at radius 3 is 2.36 bits per heavy atom. The minimum Gasteiger partial charge on any atom is -0.310 e. The molecular formula is C19H25N5O3S. The largest absolute Gasteiger partial charge is 0.310 e. The summed E-state index contributed by atoms with van der Waals surface area (Å²) < 4.78 is 29.9. The molecule has 8 nitrogen and oxygen atoms in total. The molecule has 0 saturated carbocycles. The molecule has 1 amide bonds. The van der Waals surface area contributed by atoms with E-state index in [0.717, 1.165) is 31.2 Å². The fourth-order valence-electron chi connectivity index (χ4n) is 3.21. The van der Waals surface area contributed by atoms with Crippen molar-refractivity contribution in [2.45, 2.75) is 39.5 Å². The Kier molecular flexibility index (Phi) is 6.25. The van der Waals surface area contributed by atoms with Gasteiger partial charge in [0, 0.05) is 38.0 Å². The highest BCUT2D eigenvalue weighted by Gasteiger charge is 2.24. The average Bonchev–Trinajstić information content (AvgIpc) is 2.94. The maximum Gasteiger partial charge on any atom is 0.301 e. The summed E-state index contributed by atoms with van der Waals surface area (Å²) in [5.74, 6) is 0.133. The molecule has 0 aromatic carbocycles. The highest BCUT2D eigenvalue weighted by Crippen LogP contribution is 2.31. The minimum atomic E-state index is -3.67. The second-order valence-corrected chi connectivity index (χ2v) is 8.53. The fourth-order valence-corrected chi connectivity index (χ4v) is 4.56. The summed E-state index contributed by atoms with van der Waals surface area (Å²) in [5, 5.41) is 2.72. The summed E-state index contributed by atoms with van der Waals surface area (Å²) in [7, 11) is -3.67. The Balaban J connectivity index is 1.98. The van der Waals surface area contributed by atoms with Gasteiger partial charge in [-0.05, 0) is 43.5 Å². The van der Waals surface area contributed by atoms with E-state index in [-0.39, 0.29) is 5.91 Å². The highest BCUT2D eigenvalue weighted by molar-refractivity contribution is 7.90. The second-order valence-electron chi connectivity index (χ2n) is 6.85. The summed E-state index contributed by atoms with van der Waals surface area (Å²) in [6.07, 6.45) is 7.08. The monoisotopic (exact) mass is 403 g/mol. The average molecular weight is 404 g/mol. The lowest BCUT2D eigenvalue weighted by Crippen LogP contribution is -2.36. The van der Waals surface area contributed by atoms with Crippen molar-refractivity contribution in [2.75, 3.05) is 23.1 Å². The molecule has 0 spiro atoms. The van der Waals surface area contributed by atoms with Crippen LogP contribution in [0.4, 0.5) is 11.5 Å². The number of hydrogen-bond acceptors (Lipinski definition) is 5. The van der Waals surface area contributed by atoms with E-state index in [1.54, 1.807) is 37.5 Å². The molecule has 9 heteroatoms. The van der Waals surface area contributed by atoms with Crippen LogP contribution in [0.2, 0.25) is 0 Å². The zero-order valence-corrected chi connectivity index (χ0v) is 16.9.